The van der Waals surface area contributed by atoms with Crippen LogP contribution >= 0.6 is 0 Å². The van der Waals surface area contributed by atoms with E-state index < -0.39 is 5.97 Å². The monoisotopic (exact) mass is 197 g/mol. The molecule has 1 aromatic heterocycles. The van der Waals surface area contributed by atoms with Gasteiger partial charge < -0.3 is 14.4 Å². The third-order valence-corrected chi connectivity index (χ3v) is 2.69. The molecular weight excluding hydrogens is 186 g/mol. The molecule has 76 valence electrons. The molecule has 14 heavy (non-hydrogen) atoms. The predicted octanol–water partition coefficient (Wildman–Crippen LogP) is 1.05. The molecule has 2 rings (SSSR count). The second kappa shape index (κ2) is 3.09. The SMILES string of the molecule is CCC1(c2cc(C(=O)O)no2)COC1. The molecule has 0 saturated carbocycles. The fourth-order valence-electron chi connectivity index (χ4n) is 1.50. The van der Waals surface area contributed by atoms with E-state index >= 15 is 0 Å². The van der Waals surface area contributed by atoms with E-state index in [-0.39, 0.29) is 11.1 Å². The Hall–Kier alpha value is -1.36. The Bertz CT molecular complexity index is 348. The van der Waals surface area contributed by atoms with Gasteiger partial charge >= 0.3 is 5.97 Å². The van der Waals surface area contributed by atoms with Crippen molar-refractivity contribution in [2.24, 2.45) is 0 Å². The Morgan fingerprint density at radius 1 is 1.71 bits per heavy atom. The number of carboxylic acids is 1. The van der Waals surface area contributed by atoms with Gasteiger partial charge in [0, 0.05) is 6.07 Å². The van der Waals surface area contributed by atoms with E-state index in [0.717, 1.165) is 6.42 Å². The molecule has 0 aliphatic carbocycles. The van der Waals surface area contributed by atoms with Gasteiger partial charge in [-0.1, -0.05) is 12.1 Å². The van der Waals surface area contributed by atoms with Crippen LogP contribution < -0.4 is 0 Å². The average Bonchev–Trinajstić information content (AvgIpc) is 2.52. The quantitative estimate of drug-likeness (QED) is 0.784. The van der Waals surface area contributed by atoms with Gasteiger partial charge in [0.05, 0.1) is 18.6 Å². The highest BCUT2D eigenvalue weighted by Crippen LogP contribution is 2.35. The van der Waals surface area contributed by atoms with Crippen LogP contribution in [0.3, 0.4) is 0 Å². The van der Waals surface area contributed by atoms with E-state index in [1.165, 1.54) is 6.07 Å². The molecule has 1 saturated heterocycles. The van der Waals surface area contributed by atoms with Crippen molar-refractivity contribution in [3.63, 3.8) is 0 Å². The summed E-state index contributed by atoms with van der Waals surface area (Å²) in [5, 5.41) is 12.2. The Labute approximate surface area is 80.6 Å². The molecule has 1 aliphatic heterocycles. The number of aromatic nitrogens is 1. The molecule has 1 N–H and O–H groups in total. The molecule has 5 heteroatoms. The van der Waals surface area contributed by atoms with Gasteiger partial charge in [-0.2, -0.15) is 0 Å². The van der Waals surface area contributed by atoms with Crippen LogP contribution in [0, 0.1) is 0 Å². The molecule has 1 aliphatic rings. The lowest BCUT2D eigenvalue weighted by Gasteiger charge is -2.38. The first kappa shape index (κ1) is 9.21. The molecule has 1 fully saturated rings. The highest BCUT2D eigenvalue weighted by atomic mass is 16.5. The molecule has 0 spiro atoms. The number of hydrogen-bond acceptors (Lipinski definition) is 4. The highest BCUT2D eigenvalue weighted by Gasteiger charge is 2.42. The van der Waals surface area contributed by atoms with E-state index in [4.69, 9.17) is 14.4 Å². The van der Waals surface area contributed by atoms with Crippen LogP contribution in [-0.4, -0.2) is 29.4 Å². The highest BCUT2D eigenvalue weighted by molar-refractivity contribution is 5.85. The molecule has 1 aromatic rings. The summed E-state index contributed by atoms with van der Waals surface area (Å²) in [6.45, 7) is 3.18. The Morgan fingerprint density at radius 3 is 2.79 bits per heavy atom. The van der Waals surface area contributed by atoms with Crippen molar-refractivity contribution in [2.75, 3.05) is 13.2 Å². The molecule has 0 amide bonds. The van der Waals surface area contributed by atoms with Gasteiger partial charge in [0.2, 0.25) is 0 Å². The number of carboxylic acid groups (broad SMARTS) is 1. The van der Waals surface area contributed by atoms with Crippen molar-refractivity contribution >= 4 is 5.97 Å². The zero-order valence-corrected chi connectivity index (χ0v) is 7.82. The number of rotatable bonds is 3. The van der Waals surface area contributed by atoms with E-state index in [9.17, 15) is 4.79 Å². The molecule has 0 radical (unpaired) electrons. The van der Waals surface area contributed by atoms with E-state index in [1.54, 1.807) is 0 Å². The van der Waals surface area contributed by atoms with Crippen LogP contribution in [0.5, 0.6) is 0 Å². The zero-order chi connectivity index (χ0) is 10.2. The van der Waals surface area contributed by atoms with Crippen molar-refractivity contribution in [2.45, 2.75) is 18.8 Å². The summed E-state index contributed by atoms with van der Waals surface area (Å²) in [7, 11) is 0. The lowest BCUT2D eigenvalue weighted by molar-refractivity contribution is -0.0739. The first-order valence-electron chi connectivity index (χ1n) is 4.46. The number of aromatic carboxylic acids is 1. The smallest absolute Gasteiger partial charge is 0.358 e. The number of hydrogen-bond donors (Lipinski definition) is 1. The van der Waals surface area contributed by atoms with E-state index in [2.05, 4.69) is 5.16 Å². The molecule has 0 aromatic carbocycles. The summed E-state index contributed by atoms with van der Waals surface area (Å²) < 4.78 is 10.1. The second-order valence-electron chi connectivity index (χ2n) is 3.51. The number of ether oxygens (including phenoxy) is 1. The Balaban J connectivity index is 2.27. The molecule has 0 atom stereocenters. The summed E-state index contributed by atoms with van der Waals surface area (Å²) >= 11 is 0. The fraction of sp³-hybridized carbons (Fsp3) is 0.556. The normalized spacial score (nSPS) is 18.9. The summed E-state index contributed by atoms with van der Waals surface area (Å²) in [6.07, 6.45) is 0.862. The standard InChI is InChI=1S/C9H11NO4/c1-2-9(4-13-5-9)7-3-6(8(11)12)10-14-7/h3H,2,4-5H2,1H3,(H,11,12). The number of carbonyl (C=O) groups is 1. The Morgan fingerprint density at radius 2 is 2.43 bits per heavy atom. The minimum atomic E-state index is -1.06. The van der Waals surface area contributed by atoms with Crippen molar-refractivity contribution in [3.8, 4) is 0 Å². The van der Waals surface area contributed by atoms with E-state index in [1.807, 2.05) is 6.92 Å². The minimum Gasteiger partial charge on any atom is -0.476 e. The lowest BCUT2D eigenvalue weighted by Crippen LogP contribution is -2.45. The van der Waals surface area contributed by atoms with Gasteiger partial charge in [0.1, 0.15) is 5.76 Å². The molecule has 5 nitrogen and oxygen atoms in total. The topological polar surface area (TPSA) is 72.6 Å². The average molecular weight is 197 g/mol. The van der Waals surface area contributed by atoms with Crippen LogP contribution in [0.1, 0.15) is 29.6 Å². The molecular formula is C9H11NO4. The van der Waals surface area contributed by atoms with Crippen molar-refractivity contribution < 1.29 is 19.2 Å². The fourth-order valence-corrected chi connectivity index (χ4v) is 1.50. The Kier molecular flexibility index (Phi) is 2.03. The molecule has 0 bridgehead atoms. The van der Waals surface area contributed by atoms with E-state index in [0.29, 0.717) is 19.0 Å². The number of nitrogens with zero attached hydrogens (tertiary/aromatic N) is 1. The third-order valence-electron chi connectivity index (χ3n) is 2.69. The maximum atomic E-state index is 10.6. The van der Waals surface area contributed by atoms with Gasteiger partial charge in [-0.25, -0.2) is 4.79 Å². The maximum absolute atomic E-state index is 10.6. The summed E-state index contributed by atoms with van der Waals surface area (Å²) in [5.74, 6) is -0.449. The van der Waals surface area contributed by atoms with Gasteiger partial charge in [-0.05, 0) is 6.42 Å². The minimum absolute atomic E-state index is 0.0419. The van der Waals surface area contributed by atoms with Crippen LogP contribution in [0.15, 0.2) is 10.6 Å². The van der Waals surface area contributed by atoms with Crippen LogP contribution in [0.2, 0.25) is 0 Å². The molecule has 2 heterocycles. The summed E-state index contributed by atoms with van der Waals surface area (Å²) in [6, 6.07) is 1.48. The maximum Gasteiger partial charge on any atom is 0.358 e. The summed E-state index contributed by atoms with van der Waals surface area (Å²) in [4.78, 5) is 10.6. The predicted molar refractivity (Wildman–Crippen MR) is 46.3 cm³/mol. The first-order chi connectivity index (χ1) is 6.68. The van der Waals surface area contributed by atoms with Crippen molar-refractivity contribution in [1.82, 2.24) is 5.16 Å². The van der Waals surface area contributed by atoms with Crippen LogP contribution in [0.25, 0.3) is 0 Å². The molecule has 0 unspecified atom stereocenters. The largest absolute Gasteiger partial charge is 0.476 e. The van der Waals surface area contributed by atoms with Crippen LogP contribution in [-0.2, 0) is 10.2 Å². The second-order valence-corrected chi connectivity index (χ2v) is 3.51. The van der Waals surface area contributed by atoms with Gasteiger partial charge in [-0.3, -0.25) is 0 Å². The zero-order valence-electron chi connectivity index (χ0n) is 7.82. The first-order valence-corrected chi connectivity index (χ1v) is 4.46. The lowest BCUT2D eigenvalue weighted by atomic mass is 9.80. The van der Waals surface area contributed by atoms with Crippen molar-refractivity contribution in [3.05, 3.63) is 17.5 Å². The third kappa shape index (κ3) is 1.21. The van der Waals surface area contributed by atoms with Gasteiger partial charge in [0.15, 0.2) is 5.69 Å². The van der Waals surface area contributed by atoms with Gasteiger partial charge in [-0.15, -0.1) is 0 Å². The van der Waals surface area contributed by atoms with Gasteiger partial charge in [0.25, 0.3) is 0 Å². The van der Waals surface area contributed by atoms with Crippen molar-refractivity contribution in [1.29, 1.82) is 0 Å². The van der Waals surface area contributed by atoms with Crippen LogP contribution in [0.4, 0.5) is 0 Å². The summed E-state index contributed by atoms with van der Waals surface area (Å²) in [5.41, 5.74) is -0.194.